The lowest BCUT2D eigenvalue weighted by molar-refractivity contribution is -0.128. The van der Waals surface area contributed by atoms with Crippen molar-refractivity contribution < 1.29 is 19.0 Å². The van der Waals surface area contributed by atoms with Gasteiger partial charge in [-0.05, 0) is 56.5 Å². The summed E-state index contributed by atoms with van der Waals surface area (Å²) in [6.07, 6.45) is 0.0633. The standard InChI is InChI=1S/C22H29NO4/c1-5-18(27-19-11-9-8-10-16(19)4)22(24)23-15-17-12-13-20(25-6-2)21(14-17)26-7-3/h8-14,18H,5-7,15H2,1-4H3,(H,23,24). The van der Waals surface area contributed by atoms with Crippen LogP contribution in [0.1, 0.15) is 38.3 Å². The monoisotopic (exact) mass is 371 g/mol. The van der Waals surface area contributed by atoms with E-state index in [1.807, 2.05) is 70.2 Å². The van der Waals surface area contributed by atoms with Gasteiger partial charge in [-0.3, -0.25) is 4.79 Å². The second-order valence-electron chi connectivity index (χ2n) is 6.15. The zero-order valence-electron chi connectivity index (χ0n) is 16.6. The molecule has 27 heavy (non-hydrogen) atoms. The van der Waals surface area contributed by atoms with E-state index in [2.05, 4.69) is 5.32 Å². The van der Waals surface area contributed by atoms with Crippen LogP contribution in [0, 0.1) is 6.92 Å². The number of carbonyl (C=O) groups excluding carboxylic acids is 1. The van der Waals surface area contributed by atoms with E-state index >= 15 is 0 Å². The quantitative estimate of drug-likeness (QED) is 0.678. The minimum absolute atomic E-state index is 0.132. The summed E-state index contributed by atoms with van der Waals surface area (Å²) in [5.41, 5.74) is 1.96. The molecule has 2 aromatic rings. The van der Waals surface area contributed by atoms with E-state index in [-0.39, 0.29) is 5.91 Å². The number of carbonyl (C=O) groups is 1. The van der Waals surface area contributed by atoms with Crippen LogP contribution in [-0.4, -0.2) is 25.2 Å². The van der Waals surface area contributed by atoms with Crippen LogP contribution in [0.3, 0.4) is 0 Å². The van der Waals surface area contributed by atoms with Crippen LogP contribution in [0.5, 0.6) is 17.2 Å². The highest BCUT2D eigenvalue weighted by Gasteiger charge is 2.19. The second kappa shape index (κ2) is 10.5. The lowest BCUT2D eigenvalue weighted by Gasteiger charge is -2.19. The topological polar surface area (TPSA) is 56.8 Å². The number of nitrogens with one attached hydrogen (secondary N) is 1. The van der Waals surface area contributed by atoms with Crippen LogP contribution in [0.4, 0.5) is 0 Å². The van der Waals surface area contributed by atoms with E-state index in [1.165, 1.54) is 0 Å². The van der Waals surface area contributed by atoms with E-state index < -0.39 is 6.10 Å². The fourth-order valence-electron chi connectivity index (χ4n) is 2.67. The SMILES string of the molecule is CCOc1ccc(CNC(=O)C(CC)Oc2ccccc2C)cc1OCC. The molecule has 0 saturated carbocycles. The number of benzene rings is 2. The van der Waals surface area contributed by atoms with Gasteiger partial charge in [0.2, 0.25) is 0 Å². The average molecular weight is 371 g/mol. The summed E-state index contributed by atoms with van der Waals surface area (Å²) in [5.74, 6) is 2.00. The molecule has 0 heterocycles. The van der Waals surface area contributed by atoms with E-state index in [0.29, 0.717) is 37.7 Å². The molecule has 5 heteroatoms. The first-order chi connectivity index (χ1) is 13.1. The summed E-state index contributed by atoms with van der Waals surface area (Å²) in [4.78, 5) is 12.6. The average Bonchev–Trinajstić information content (AvgIpc) is 2.67. The maximum absolute atomic E-state index is 12.6. The molecule has 5 nitrogen and oxygen atoms in total. The van der Waals surface area contributed by atoms with Gasteiger partial charge < -0.3 is 19.5 Å². The second-order valence-corrected chi connectivity index (χ2v) is 6.15. The molecule has 1 N–H and O–H groups in total. The van der Waals surface area contributed by atoms with E-state index in [4.69, 9.17) is 14.2 Å². The summed E-state index contributed by atoms with van der Waals surface area (Å²) in [5, 5.41) is 2.95. The smallest absolute Gasteiger partial charge is 0.261 e. The molecule has 1 amide bonds. The van der Waals surface area contributed by atoms with Crippen LogP contribution in [0.15, 0.2) is 42.5 Å². The van der Waals surface area contributed by atoms with Crippen molar-refractivity contribution in [1.29, 1.82) is 0 Å². The molecule has 2 aromatic carbocycles. The number of rotatable bonds is 10. The zero-order valence-corrected chi connectivity index (χ0v) is 16.6. The van der Waals surface area contributed by atoms with Crippen molar-refractivity contribution in [2.24, 2.45) is 0 Å². The van der Waals surface area contributed by atoms with Crippen molar-refractivity contribution in [1.82, 2.24) is 5.32 Å². The number of ether oxygens (including phenoxy) is 3. The summed E-state index contributed by atoms with van der Waals surface area (Å²) >= 11 is 0. The summed E-state index contributed by atoms with van der Waals surface area (Å²) in [7, 11) is 0. The largest absolute Gasteiger partial charge is 0.490 e. The number of hydrogen-bond acceptors (Lipinski definition) is 4. The molecule has 1 unspecified atom stereocenters. The fourth-order valence-corrected chi connectivity index (χ4v) is 2.67. The van der Waals surface area contributed by atoms with Crippen molar-refractivity contribution in [3.63, 3.8) is 0 Å². The Bertz CT molecular complexity index is 745. The third-order valence-electron chi connectivity index (χ3n) is 4.10. The lowest BCUT2D eigenvalue weighted by atomic mass is 10.2. The Morgan fingerprint density at radius 1 is 0.963 bits per heavy atom. The van der Waals surface area contributed by atoms with Gasteiger partial charge in [0.25, 0.3) is 5.91 Å². The molecular weight excluding hydrogens is 342 g/mol. The Hall–Kier alpha value is -2.69. The predicted octanol–water partition coefficient (Wildman–Crippen LogP) is 4.27. The summed E-state index contributed by atoms with van der Waals surface area (Å²) in [6, 6.07) is 13.4. The first-order valence-corrected chi connectivity index (χ1v) is 9.47. The fraction of sp³-hybridized carbons (Fsp3) is 0.409. The Balaban J connectivity index is 2.00. The first kappa shape index (κ1) is 20.6. The minimum Gasteiger partial charge on any atom is -0.490 e. The molecule has 0 aliphatic carbocycles. The Kier molecular flexibility index (Phi) is 7.99. The third kappa shape index (κ3) is 5.91. The van der Waals surface area contributed by atoms with Crippen LogP contribution in [0.25, 0.3) is 0 Å². The number of hydrogen-bond donors (Lipinski definition) is 1. The van der Waals surface area contributed by atoms with Crippen molar-refractivity contribution in [2.75, 3.05) is 13.2 Å². The highest BCUT2D eigenvalue weighted by Crippen LogP contribution is 2.28. The lowest BCUT2D eigenvalue weighted by Crippen LogP contribution is -2.37. The Morgan fingerprint density at radius 3 is 2.33 bits per heavy atom. The van der Waals surface area contributed by atoms with Crippen molar-refractivity contribution in [3.05, 3.63) is 53.6 Å². The maximum Gasteiger partial charge on any atom is 0.261 e. The van der Waals surface area contributed by atoms with Gasteiger partial charge in [-0.25, -0.2) is 0 Å². The summed E-state index contributed by atoms with van der Waals surface area (Å²) in [6.45, 7) is 9.30. The molecule has 1 atom stereocenters. The van der Waals surface area contributed by atoms with Crippen LogP contribution in [0.2, 0.25) is 0 Å². The molecule has 0 aliphatic heterocycles. The maximum atomic E-state index is 12.6. The number of para-hydroxylation sites is 1. The van der Waals surface area contributed by atoms with E-state index in [0.717, 1.165) is 16.9 Å². The van der Waals surface area contributed by atoms with Gasteiger partial charge in [-0.1, -0.05) is 31.2 Å². The minimum atomic E-state index is -0.528. The molecule has 0 spiro atoms. The van der Waals surface area contributed by atoms with Crippen molar-refractivity contribution in [2.45, 2.75) is 46.8 Å². The highest BCUT2D eigenvalue weighted by molar-refractivity contribution is 5.81. The van der Waals surface area contributed by atoms with Gasteiger partial charge in [0.1, 0.15) is 5.75 Å². The molecule has 0 radical (unpaired) electrons. The van der Waals surface area contributed by atoms with Gasteiger partial charge >= 0.3 is 0 Å². The van der Waals surface area contributed by atoms with E-state index in [1.54, 1.807) is 0 Å². The molecule has 0 saturated heterocycles. The van der Waals surface area contributed by atoms with Crippen molar-refractivity contribution in [3.8, 4) is 17.2 Å². The predicted molar refractivity (Wildman–Crippen MR) is 107 cm³/mol. The zero-order chi connectivity index (χ0) is 19.6. The van der Waals surface area contributed by atoms with Crippen molar-refractivity contribution >= 4 is 5.91 Å². The first-order valence-electron chi connectivity index (χ1n) is 9.47. The van der Waals surface area contributed by atoms with Gasteiger partial charge in [0, 0.05) is 6.54 Å². The van der Waals surface area contributed by atoms with Crippen LogP contribution >= 0.6 is 0 Å². The van der Waals surface area contributed by atoms with Crippen LogP contribution in [-0.2, 0) is 11.3 Å². The van der Waals surface area contributed by atoms with E-state index in [9.17, 15) is 4.79 Å². The normalized spacial score (nSPS) is 11.6. The van der Waals surface area contributed by atoms with Gasteiger partial charge in [-0.2, -0.15) is 0 Å². The number of amides is 1. The number of aryl methyl sites for hydroxylation is 1. The molecule has 0 aromatic heterocycles. The molecule has 0 bridgehead atoms. The van der Waals surface area contributed by atoms with Gasteiger partial charge in [-0.15, -0.1) is 0 Å². The van der Waals surface area contributed by atoms with Crippen LogP contribution < -0.4 is 19.5 Å². The molecular formula is C22H29NO4. The molecule has 0 aliphatic rings. The van der Waals surface area contributed by atoms with Gasteiger partial charge in [0.15, 0.2) is 17.6 Å². The summed E-state index contributed by atoms with van der Waals surface area (Å²) < 4.78 is 17.1. The molecule has 2 rings (SSSR count). The molecule has 146 valence electrons. The van der Waals surface area contributed by atoms with Gasteiger partial charge in [0.05, 0.1) is 13.2 Å². The third-order valence-corrected chi connectivity index (χ3v) is 4.10. The molecule has 0 fully saturated rings. The Morgan fingerprint density at radius 2 is 1.67 bits per heavy atom. The Labute approximate surface area is 161 Å². The highest BCUT2D eigenvalue weighted by atomic mass is 16.5.